The summed E-state index contributed by atoms with van der Waals surface area (Å²) in [6, 6.07) is 18.5. The van der Waals surface area contributed by atoms with E-state index in [1.54, 1.807) is 42.5 Å². The highest BCUT2D eigenvalue weighted by molar-refractivity contribution is 6.51. The van der Waals surface area contributed by atoms with Gasteiger partial charge in [-0.05, 0) is 53.4 Å². The predicted octanol–water partition coefficient (Wildman–Crippen LogP) is 5.46. The number of aliphatic hydroxyl groups excluding tert-OH is 1. The molecule has 0 saturated carbocycles. The van der Waals surface area contributed by atoms with Crippen LogP contribution in [0.25, 0.3) is 5.76 Å². The first-order valence-electron chi connectivity index (χ1n) is 11.6. The van der Waals surface area contributed by atoms with E-state index in [0.29, 0.717) is 40.0 Å². The van der Waals surface area contributed by atoms with Gasteiger partial charge in [-0.2, -0.15) is 0 Å². The lowest BCUT2D eigenvalue weighted by Gasteiger charge is -2.26. The molecule has 0 spiro atoms. The van der Waals surface area contributed by atoms with Gasteiger partial charge in [-0.3, -0.25) is 14.5 Å². The van der Waals surface area contributed by atoms with Crippen LogP contribution < -0.4 is 19.1 Å². The fourth-order valence-electron chi connectivity index (χ4n) is 4.38. The highest BCUT2D eigenvalue weighted by atomic mass is 16.5. The Morgan fingerprint density at radius 3 is 2.17 bits per heavy atom. The number of ketones is 1. The molecular weight excluding hydrogens is 458 g/mol. The number of methoxy groups -OCH3 is 3. The molecule has 1 aliphatic heterocycles. The van der Waals surface area contributed by atoms with Crippen LogP contribution in [-0.2, 0) is 9.59 Å². The second-order valence-electron chi connectivity index (χ2n) is 8.76. The quantitative estimate of drug-likeness (QED) is 0.271. The van der Waals surface area contributed by atoms with Crippen molar-refractivity contribution in [3.8, 4) is 17.2 Å². The summed E-state index contributed by atoms with van der Waals surface area (Å²) in [4.78, 5) is 28.2. The molecule has 0 aliphatic carbocycles. The standard InChI is InChI=1S/C29H29NO6/c1-17(2)18-9-12-21(13-10-18)30-26(19-11-14-23(35-4)24(16-19)36-5)25(28(32)29(30)33)27(31)20-7-6-8-22(15-20)34-3/h6-17,26,31H,1-5H3/b27-25-. The summed E-state index contributed by atoms with van der Waals surface area (Å²) >= 11 is 0. The van der Waals surface area contributed by atoms with Gasteiger partial charge in [-0.1, -0.05) is 44.2 Å². The van der Waals surface area contributed by atoms with Crippen molar-refractivity contribution < 1.29 is 28.9 Å². The zero-order chi connectivity index (χ0) is 26.0. The fraction of sp³-hybridized carbons (Fsp3) is 0.241. The number of aliphatic hydroxyl groups is 1. The highest BCUT2D eigenvalue weighted by Gasteiger charge is 2.47. The molecule has 3 aromatic carbocycles. The second-order valence-corrected chi connectivity index (χ2v) is 8.76. The molecule has 36 heavy (non-hydrogen) atoms. The van der Waals surface area contributed by atoms with E-state index in [4.69, 9.17) is 14.2 Å². The molecule has 1 heterocycles. The summed E-state index contributed by atoms with van der Waals surface area (Å²) in [5.74, 6) is -0.0123. The SMILES string of the molecule is COc1cccc(/C(O)=C2/C(=O)C(=O)N(c3ccc(C(C)C)cc3)C2c2ccc(OC)c(OC)c2)c1. The van der Waals surface area contributed by atoms with Gasteiger partial charge in [-0.25, -0.2) is 0 Å². The van der Waals surface area contributed by atoms with E-state index in [9.17, 15) is 14.7 Å². The molecule has 0 radical (unpaired) electrons. The summed E-state index contributed by atoms with van der Waals surface area (Å²) in [7, 11) is 4.56. The van der Waals surface area contributed by atoms with E-state index in [-0.39, 0.29) is 11.3 Å². The molecule has 3 aromatic rings. The molecular formula is C29H29NO6. The number of nitrogens with zero attached hydrogens (tertiary/aromatic N) is 1. The molecule has 1 atom stereocenters. The third-order valence-corrected chi connectivity index (χ3v) is 6.35. The summed E-state index contributed by atoms with van der Waals surface area (Å²) in [5, 5.41) is 11.3. The van der Waals surface area contributed by atoms with Crippen LogP contribution in [0, 0.1) is 0 Å². The monoisotopic (exact) mass is 487 g/mol. The van der Waals surface area contributed by atoms with Gasteiger partial charge in [0.1, 0.15) is 11.5 Å². The van der Waals surface area contributed by atoms with E-state index in [1.807, 2.05) is 24.3 Å². The Morgan fingerprint density at radius 2 is 1.56 bits per heavy atom. The Bertz CT molecular complexity index is 1330. The molecule has 1 aliphatic rings. The average molecular weight is 488 g/mol. The average Bonchev–Trinajstić information content (AvgIpc) is 3.17. The Kier molecular flexibility index (Phi) is 7.01. The van der Waals surface area contributed by atoms with Crippen molar-refractivity contribution in [1.29, 1.82) is 0 Å². The number of amides is 1. The smallest absolute Gasteiger partial charge is 0.300 e. The lowest BCUT2D eigenvalue weighted by molar-refractivity contribution is -0.132. The third kappa shape index (κ3) is 4.40. The number of carbonyl (C=O) groups is 2. The first-order chi connectivity index (χ1) is 17.3. The minimum Gasteiger partial charge on any atom is -0.507 e. The van der Waals surface area contributed by atoms with E-state index >= 15 is 0 Å². The number of anilines is 1. The topological polar surface area (TPSA) is 85.3 Å². The van der Waals surface area contributed by atoms with Crippen molar-refractivity contribution in [3.05, 3.63) is 89.0 Å². The van der Waals surface area contributed by atoms with Gasteiger partial charge >= 0.3 is 0 Å². The van der Waals surface area contributed by atoms with Gasteiger partial charge in [0.15, 0.2) is 11.5 Å². The van der Waals surface area contributed by atoms with Crippen molar-refractivity contribution in [2.45, 2.75) is 25.8 Å². The van der Waals surface area contributed by atoms with Crippen molar-refractivity contribution in [3.63, 3.8) is 0 Å². The van der Waals surface area contributed by atoms with Gasteiger partial charge in [0.05, 0.1) is 32.9 Å². The van der Waals surface area contributed by atoms with Crippen LogP contribution in [0.4, 0.5) is 5.69 Å². The Morgan fingerprint density at radius 1 is 0.861 bits per heavy atom. The molecule has 1 fully saturated rings. The van der Waals surface area contributed by atoms with Crippen LogP contribution in [0.15, 0.2) is 72.3 Å². The molecule has 0 bridgehead atoms. The van der Waals surface area contributed by atoms with Crippen LogP contribution in [0.1, 0.15) is 42.5 Å². The van der Waals surface area contributed by atoms with Gasteiger partial charge in [0, 0.05) is 11.3 Å². The summed E-state index contributed by atoms with van der Waals surface area (Å²) in [6.45, 7) is 4.16. The molecule has 186 valence electrons. The first-order valence-corrected chi connectivity index (χ1v) is 11.6. The van der Waals surface area contributed by atoms with Crippen molar-refractivity contribution in [2.75, 3.05) is 26.2 Å². The lowest BCUT2D eigenvalue weighted by Crippen LogP contribution is -2.29. The van der Waals surface area contributed by atoms with E-state index in [1.165, 1.54) is 26.2 Å². The van der Waals surface area contributed by atoms with Gasteiger partial charge in [-0.15, -0.1) is 0 Å². The predicted molar refractivity (Wildman–Crippen MR) is 138 cm³/mol. The van der Waals surface area contributed by atoms with Gasteiger partial charge in [0.2, 0.25) is 0 Å². The highest BCUT2D eigenvalue weighted by Crippen LogP contribution is 2.44. The molecule has 0 aromatic heterocycles. The lowest BCUT2D eigenvalue weighted by atomic mass is 9.94. The number of carbonyl (C=O) groups excluding carboxylic acids is 2. The van der Waals surface area contributed by atoms with E-state index in [2.05, 4.69) is 13.8 Å². The maximum absolute atomic E-state index is 13.4. The van der Waals surface area contributed by atoms with E-state index in [0.717, 1.165) is 5.56 Å². The number of benzene rings is 3. The zero-order valence-corrected chi connectivity index (χ0v) is 20.9. The number of ether oxygens (including phenoxy) is 3. The molecule has 1 N–H and O–H groups in total. The molecule has 1 saturated heterocycles. The van der Waals surface area contributed by atoms with Crippen LogP contribution in [0.3, 0.4) is 0 Å². The van der Waals surface area contributed by atoms with Crippen molar-refractivity contribution >= 4 is 23.1 Å². The number of hydrogen-bond acceptors (Lipinski definition) is 6. The van der Waals surface area contributed by atoms with Crippen LogP contribution >= 0.6 is 0 Å². The van der Waals surface area contributed by atoms with Crippen LogP contribution in [0.5, 0.6) is 17.2 Å². The largest absolute Gasteiger partial charge is 0.507 e. The van der Waals surface area contributed by atoms with Crippen molar-refractivity contribution in [2.24, 2.45) is 0 Å². The molecule has 1 unspecified atom stereocenters. The Balaban J connectivity index is 1.94. The summed E-state index contributed by atoms with van der Waals surface area (Å²) in [6.07, 6.45) is 0. The molecule has 1 amide bonds. The fourth-order valence-corrected chi connectivity index (χ4v) is 4.38. The summed E-state index contributed by atoms with van der Waals surface area (Å²) < 4.78 is 16.1. The first kappa shape index (κ1) is 24.9. The van der Waals surface area contributed by atoms with Crippen LogP contribution in [-0.4, -0.2) is 38.1 Å². The maximum atomic E-state index is 13.4. The number of Topliss-reactive ketones (excluding diaryl/α,β-unsaturated/α-hetero) is 1. The second kappa shape index (κ2) is 10.2. The Labute approximate surface area is 210 Å². The summed E-state index contributed by atoms with van der Waals surface area (Å²) in [5.41, 5.74) is 2.59. The van der Waals surface area contributed by atoms with Crippen molar-refractivity contribution in [1.82, 2.24) is 0 Å². The van der Waals surface area contributed by atoms with Gasteiger partial charge < -0.3 is 19.3 Å². The minimum absolute atomic E-state index is 0.0200. The molecule has 7 heteroatoms. The van der Waals surface area contributed by atoms with E-state index < -0.39 is 17.7 Å². The zero-order valence-electron chi connectivity index (χ0n) is 20.9. The number of hydrogen-bond donors (Lipinski definition) is 1. The Hall–Kier alpha value is -4.26. The maximum Gasteiger partial charge on any atom is 0.300 e. The normalized spacial score (nSPS) is 16.9. The third-order valence-electron chi connectivity index (χ3n) is 6.35. The van der Waals surface area contributed by atoms with Crippen LogP contribution in [0.2, 0.25) is 0 Å². The van der Waals surface area contributed by atoms with Gasteiger partial charge in [0.25, 0.3) is 11.7 Å². The molecule has 4 rings (SSSR count). The number of rotatable bonds is 7. The molecule has 7 nitrogen and oxygen atoms in total. The minimum atomic E-state index is -0.888.